The van der Waals surface area contributed by atoms with E-state index in [1.165, 1.54) is 0 Å². The van der Waals surface area contributed by atoms with Crippen LogP contribution in [0.25, 0.3) is 0 Å². The molecule has 4 aromatic carbocycles. The predicted octanol–water partition coefficient (Wildman–Crippen LogP) is 4.77. The molecule has 0 heterocycles. The van der Waals surface area contributed by atoms with E-state index >= 15 is 0 Å². The molecule has 1 amide bonds. The van der Waals surface area contributed by atoms with Gasteiger partial charge in [-0.25, -0.2) is 0 Å². The number of benzene rings is 4. The van der Waals surface area contributed by atoms with Gasteiger partial charge in [-0.1, -0.05) is 129 Å². The fraction of sp³-hybridized carbons (Fsp3) is 0.103. The van der Waals surface area contributed by atoms with E-state index in [1.807, 2.05) is 91.0 Å². The highest BCUT2D eigenvalue weighted by atomic mass is 79.9. The molecule has 208 valence electrons. The van der Waals surface area contributed by atoms with Gasteiger partial charge >= 0.3 is 0 Å². The van der Waals surface area contributed by atoms with Gasteiger partial charge in [0, 0.05) is 10.0 Å². The molecule has 2 atom stereocenters. The van der Waals surface area contributed by atoms with E-state index in [-0.39, 0.29) is 17.0 Å². The standard InChI is InChI=1S/C29H20Br2Cl4NO2P.BrH/c30-21-18-16-20(17-19-21)25(37)28(31,27(38)36-26(32)29(33,34)35)39(22-10-4-1-5-11-22,23-12-6-2-7-13-23)24-14-8-3-9-15-24;/h1-19,26H;1H. The molecule has 3 nitrogen and oxygen atoms in total. The molecule has 0 saturated carbocycles. The Kier molecular flexibility index (Phi) is 11.8. The van der Waals surface area contributed by atoms with Crippen LogP contribution in [0, 0.1) is 0 Å². The second kappa shape index (κ2) is 14.0. The van der Waals surface area contributed by atoms with Crippen LogP contribution >= 0.6 is 85.5 Å². The summed E-state index contributed by atoms with van der Waals surface area (Å²) < 4.78 is -3.14. The zero-order valence-corrected chi connectivity index (χ0v) is 29.1. The smallest absolute Gasteiger partial charge is 0.285 e. The van der Waals surface area contributed by atoms with Crippen LogP contribution in [0.2, 0.25) is 0 Å². The highest BCUT2D eigenvalue weighted by molar-refractivity contribution is 9.12. The van der Waals surface area contributed by atoms with Gasteiger partial charge in [0.1, 0.15) is 23.2 Å². The summed E-state index contributed by atoms with van der Waals surface area (Å²) in [5.74, 6) is -1.20. The van der Waals surface area contributed by atoms with E-state index in [2.05, 4.69) is 37.2 Å². The van der Waals surface area contributed by atoms with Crippen molar-refractivity contribution in [2.24, 2.45) is 0 Å². The Labute approximate surface area is 281 Å². The van der Waals surface area contributed by atoms with E-state index in [0.29, 0.717) is 5.56 Å². The second-order valence-electron chi connectivity index (χ2n) is 8.51. The van der Waals surface area contributed by atoms with Crippen molar-refractivity contribution >= 4 is 113 Å². The molecule has 0 saturated heterocycles. The number of ketones is 1. The van der Waals surface area contributed by atoms with E-state index in [4.69, 9.17) is 46.4 Å². The maximum Gasteiger partial charge on any atom is 0.285 e. The average molecular weight is 828 g/mol. The van der Waals surface area contributed by atoms with E-state index < -0.39 is 32.3 Å². The highest BCUT2D eigenvalue weighted by Crippen LogP contribution is 2.69. The first kappa shape index (κ1) is 33.6. The molecule has 2 unspecified atom stereocenters. The molecule has 0 aliphatic carbocycles. The Hall–Kier alpha value is -0.950. The number of alkyl halides is 5. The van der Waals surface area contributed by atoms with Crippen molar-refractivity contribution in [1.82, 2.24) is 5.32 Å². The molecule has 1 N–H and O–H groups in total. The van der Waals surface area contributed by atoms with Crippen molar-refractivity contribution in [2.45, 2.75) is 13.4 Å². The van der Waals surface area contributed by atoms with Gasteiger partial charge in [0.05, 0.1) is 0 Å². The molecule has 0 aliphatic rings. The summed E-state index contributed by atoms with van der Waals surface area (Å²) in [5, 5.41) is 4.99. The normalized spacial score (nSPS) is 13.8. The number of hydrogen-bond acceptors (Lipinski definition) is 2. The molecular weight excluding hydrogens is 807 g/mol. The average Bonchev–Trinajstić information content (AvgIpc) is 2.94. The lowest BCUT2D eigenvalue weighted by molar-refractivity contribution is -0.120. The summed E-state index contributed by atoms with van der Waals surface area (Å²) in [6.07, 6.45) is 0. The number of carbonyl (C=O) groups is 2. The molecule has 0 aliphatic heterocycles. The van der Waals surface area contributed by atoms with E-state index in [1.54, 1.807) is 24.3 Å². The van der Waals surface area contributed by atoms with Gasteiger partial charge in [-0.3, -0.25) is 9.59 Å². The van der Waals surface area contributed by atoms with Gasteiger partial charge in [-0.2, -0.15) is 0 Å². The van der Waals surface area contributed by atoms with Crippen LogP contribution < -0.4 is 38.2 Å². The molecular formula is C29H21Br3Cl4NO2P. The molecule has 0 bridgehead atoms. The third kappa shape index (κ3) is 6.50. The summed E-state index contributed by atoms with van der Waals surface area (Å²) in [4.78, 5) is 29.3. The summed E-state index contributed by atoms with van der Waals surface area (Å²) in [7, 11) is -3.22. The lowest BCUT2D eigenvalue weighted by atomic mass is 10.1. The largest absolute Gasteiger partial charge is 1.00 e. The maximum atomic E-state index is 14.8. The van der Waals surface area contributed by atoms with Gasteiger partial charge in [-0.15, -0.1) is 0 Å². The number of Topliss-reactive ketones (excluding diaryl/α,β-unsaturated/α-hetero) is 1. The Morgan fingerprint density at radius 1 is 0.700 bits per heavy atom. The molecule has 0 spiro atoms. The molecule has 4 aromatic rings. The molecule has 4 rings (SSSR count). The van der Waals surface area contributed by atoms with Gasteiger partial charge in [-0.05, 0) is 64.5 Å². The van der Waals surface area contributed by atoms with Crippen molar-refractivity contribution in [3.63, 3.8) is 0 Å². The topological polar surface area (TPSA) is 46.2 Å². The SMILES string of the molecule is O=C(NC(Cl)C(Cl)(Cl)Cl)C(Br)(C(=O)c1ccc(Br)cc1)[P+](c1ccccc1)(c1ccccc1)c1ccccc1.[Br-]. The minimum atomic E-state index is -3.22. The van der Waals surface area contributed by atoms with Crippen LogP contribution in [-0.2, 0) is 4.79 Å². The molecule has 0 fully saturated rings. The maximum absolute atomic E-state index is 14.8. The van der Waals surface area contributed by atoms with Gasteiger partial charge in [0.2, 0.25) is 9.58 Å². The van der Waals surface area contributed by atoms with Crippen LogP contribution in [-0.4, -0.2) is 25.0 Å². The van der Waals surface area contributed by atoms with Crippen LogP contribution in [0.4, 0.5) is 0 Å². The van der Waals surface area contributed by atoms with Crippen LogP contribution in [0.1, 0.15) is 10.4 Å². The number of rotatable bonds is 8. The number of amides is 1. The van der Waals surface area contributed by atoms with Crippen LogP contribution in [0.5, 0.6) is 0 Å². The third-order valence-electron chi connectivity index (χ3n) is 6.15. The van der Waals surface area contributed by atoms with Crippen molar-refractivity contribution in [1.29, 1.82) is 0 Å². The quantitative estimate of drug-likeness (QED) is 0.0916. The fourth-order valence-corrected chi connectivity index (χ4v) is 11.8. The molecule has 0 radical (unpaired) electrons. The minimum Gasteiger partial charge on any atom is -1.00 e. The summed E-state index contributed by atoms with van der Waals surface area (Å²) >= 11 is 31.7. The summed E-state index contributed by atoms with van der Waals surface area (Å²) in [5.41, 5.74) is -1.11. The number of hydrogen-bond donors (Lipinski definition) is 1. The number of halogens is 7. The minimum absolute atomic E-state index is 0. The molecule has 11 heteroatoms. The first-order valence-corrected chi connectivity index (χ1v) is 16.5. The van der Waals surface area contributed by atoms with Crippen molar-refractivity contribution in [3.05, 3.63) is 125 Å². The van der Waals surface area contributed by atoms with Crippen molar-refractivity contribution in [3.8, 4) is 0 Å². The molecule has 0 aromatic heterocycles. The van der Waals surface area contributed by atoms with Gasteiger partial charge < -0.3 is 22.3 Å². The highest BCUT2D eigenvalue weighted by Gasteiger charge is 2.70. The van der Waals surface area contributed by atoms with Crippen molar-refractivity contribution < 1.29 is 26.6 Å². The Morgan fingerprint density at radius 3 is 1.43 bits per heavy atom. The summed E-state index contributed by atoms with van der Waals surface area (Å²) in [6.45, 7) is 0. The zero-order chi connectivity index (χ0) is 28.3. The Bertz CT molecular complexity index is 1350. The number of carbonyl (C=O) groups excluding carboxylic acids is 2. The fourth-order valence-electron chi connectivity index (χ4n) is 4.43. The first-order chi connectivity index (χ1) is 18.5. The Balaban J connectivity index is 0.00000441. The van der Waals surface area contributed by atoms with E-state index in [9.17, 15) is 9.59 Å². The van der Waals surface area contributed by atoms with Gasteiger partial charge in [0.15, 0.2) is 5.50 Å². The predicted molar refractivity (Wildman–Crippen MR) is 173 cm³/mol. The van der Waals surface area contributed by atoms with Crippen LogP contribution in [0.3, 0.4) is 0 Å². The van der Waals surface area contributed by atoms with Gasteiger partial charge in [0.25, 0.3) is 9.97 Å². The second-order valence-corrected chi connectivity index (χ2v) is 17.6. The lowest BCUT2D eigenvalue weighted by Gasteiger charge is -2.39. The van der Waals surface area contributed by atoms with Crippen LogP contribution in [0.15, 0.2) is 120 Å². The first-order valence-electron chi connectivity index (χ1n) is 11.6. The Morgan fingerprint density at radius 2 is 1.07 bits per heavy atom. The monoisotopic (exact) mass is 823 g/mol. The molecule has 40 heavy (non-hydrogen) atoms. The lowest BCUT2D eigenvalue weighted by Crippen LogP contribution is -3.00. The van der Waals surface area contributed by atoms with Crippen molar-refractivity contribution in [2.75, 3.05) is 0 Å². The third-order valence-corrected chi connectivity index (χ3v) is 15.0. The van der Waals surface area contributed by atoms with E-state index in [0.717, 1.165) is 20.4 Å². The summed E-state index contributed by atoms with van der Waals surface area (Å²) in [6, 6.07) is 35.4. The number of nitrogens with one attached hydrogen (secondary N) is 1. The zero-order valence-electron chi connectivity index (χ0n) is 20.5.